The van der Waals surface area contributed by atoms with E-state index in [0.717, 1.165) is 0 Å². The Balaban J connectivity index is 2.17. The summed E-state index contributed by atoms with van der Waals surface area (Å²) in [6.45, 7) is 0. The van der Waals surface area contributed by atoms with Crippen LogP contribution < -0.4 is 0 Å². The number of ketones is 1. The molecular formula is C19H19FN2O4. The Kier molecular flexibility index (Phi) is 5.01. The first-order chi connectivity index (χ1) is 12.6. The SMILES string of the molecule is COC1=CC(C(=O)c2ncc[nH]2)=CC(OC)(c2ccc(F)cc2)C1OC. The van der Waals surface area contributed by atoms with E-state index in [4.69, 9.17) is 14.2 Å². The van der Waals surface area contributed by atoms with Crippen molar-refractivity contribution in [2.45, 2.75) is 11.7 Å². The number of aromatic nitrogens is 2. The largest absolute Gasteiger partial charge is 0.498 e. The first kappa shape index (κ1) is 18.0. The average Bonchev–Trinajstić information content (AvgIpc) is 3.21. The Morgan fingerprint density at radius 2 is 1.96 bits per heavy atom. The molecule has 7 heteroatoms. The molecule has 1 N–H and O–H groups in total. The van der Waals surface area contributed by atoms with Crippen molar-refractivity contribution in [3.8, 4) is 0 Å². The fraction of sp³-hybridized carbons (Fsp3) is 0.263. The highest BCUT2D eigenvalue weighted by Crippen LogP contribution is 2.41. The van der Waals surface area contributed by atoms with Crippen LogP contribution >= 0.6 is 0 Å². The molecule has 6 nitrogen and oxygen atoms in total. The van der Waals surface area contributed by atoms with E-state index in [9.17, 15) is 9.18 Å². The number of allylic oxidation sites excluding steroid dienone is 2. The van der Waals surface area contributed by atoms with Crippen molar-refractivity contribution in [3.05, 3.63) is 77.3 Å². The van der Waals surface area contributed by atoms with Crippen LogP contribution in [-0.2, 0) is 19.8 Å². The number of hydrogen-bond acceptors (Lipinski definition) is 5. The number of carbonyl (C=O) groups excluding carboxylic acids is 1. The number of aromatic amines is 1. The monoisotopic (exact) mass is 358 g/mol. The van der Waals surface area contributed by atoms with Gasteiger partial charge in [0.15, 0.2) is 11.9 Å². The van der Waals surface area contributed by atoms with Gasteiger partial charge in [-0.05, 0) is 29.8 Å². The zero-order valence-corrected chi connectivity index (χ0v) is 14.7. The lowest BCUT2D eigenvalue weighted by Crippen LogP contribution is -2.45. The van der Waals surface area contributed by atoms with Gasteiger partial charge >= 0.3 is 0 Å². The Hall–Kier alpha value is -2.77. The number of nitrogens with one attached hydrogen (secondary N) is 1. The Morgan fingerprint density at radius 3 is 2.50 bits per heavy atom. The number of H-pyrrole nitrogens is 1. The molecule has 1 aromatic heterocycles. The topological polar surface area (TPSA) is 73.4 Å². The van der Waals surface area contributed by atoms with Crippen LogP contribution in [-0.4, -0.2) is 43.2 Å². The van der Waals surface area contributed by atoms with Crippen molar-refractivity contribution in [3.63, 3.8) is 0 Å². The highest BCUT2D eigenvalue weighted by Gasteiger charge is 2.46. The van der Waals surface area contributed by atoms with Gasteiger partial charge in [-0.25, -0.2) is 9.37 Å². The molecule has 0 aliphatic heterocycles. The van der Waals surface area contributed by atoms with Crippen molar-refractivity contribution >= 4 is 5.78 Å². The number of carbonyl (C=O) groups is 1. The number of imidazole rings is 1. The fourth-order valence-corrected chi connectivity index (χ4v) is 3.13. The quantitative estimate of drug-likeness (QED) is 0.804. The minimum atomic E-state index is -1.17. The molecule has 0 fully saturated rings. The summed E-state index contributed by atoms with van der Waals surface area (Å²) in [5, 5.41) is 0. The molecule has 0 saturated heterocycles. The van der Waals surface area contributed by atoms with Crippen LogP contribution in [0.3, 0.4) is 0 Å². The predicted molar refractivity (Wildman–Crippen MR) is 92.0 cm³/mol. The molecule has 0 amide bonds. The molecule has 0 radical (unpaired) electrons. The molecule has 1 aromatic carbocycles. The molecule has 2 unspecified atom stereocenters. The molecule has 2 atom stereocenters. The third-order valence-electron chi connectivity index (χ3n) is 4.40. The molecule has 3 rings (SSSR count). The third-order valence-corrected chi connectivity index (χ3v) is 4.40. The lowest BCUT2D eigenvalue weighted by atomic mass is 9.80. The van der Waals surface area contributed by atoms with Crippen molar-refractivity contribution in [2.75, 3.05) is 21.3 Å². The van der Waals surface area contributed by atoms with Crippen molar-refractivity contribution in [1.82, 2.24) is 9.97 Å². The summed E-state index contributed by atoms with van der Waals surface area (Å²) in [7, 11) is 4.50. The summed E-state index contributed by atoms with van der Waals surface area (Å²) >= 11 is 0. The number of methoxy groups -OCH3 is 3. The number of ether oxygens (including phenoxy) is 3. The van der Waals surface area contributed by atoms with E-state index in [2.05, 4.69) is 9.97 Å². The molecule has 136 valence electrons. The second kappa shape index (κ2) is 7.23. The summed E-state index contributed by atoms with van der Waals surface area (Å²) in [5.74, 6) is -0.0789. The van der Waals surface area contributed by atoms with Gasteiger partial charge in [-0.3, -0.25) is 4.79 Å². The van der Waals surface area contributed by atoms with Gasteiger partial charge in [0.2, 0.25) is 5.78 Å². The number of rotatable bonds is 6. The van der Waals surface area contributed by atoms with E-state index in [1.165, 1.54) is 39.7 Å². The van der Waals surface area contributed by atoms with Crippen LogP contribution in [0, 0.1) is 5.82 Å². The number of hydrogen-bond donors (Lipinski definition) is 1. The van der Waals surface area contributed by atoms with E-state index in [1.54, 1.807) is 30.5 Å². The van der Waals surface area contributed by atoms with Crippen LogP contribution in [0.4, 0.5) is 4.39 Å². The second-order valence-corrected chi connectivity index (χ2v) is 5.74. The van der Waals surface area contributed by atoms with Gasteiger partial charge in [0.25, 0.3) is 0 Å². The number of Topliss-reactive ketones (excluding diaryl/α,β-unsaturated/α-hetero) is 1. The summed E-state index contributed by atoms with van der Waals surface area (Å²) < 4.78 is 30.3. The molecule has 1 heterocycles. The maximum atomic E-state index is 13.4. The van der Waals surface area contributed by atoms with Crippen LogP contribution in [0.15, 0.2) is 60.1 Å². The summed E-state index contributed by atoms with van der Waals surface area (Å²) in [4.78, 5) is 19.6. The number of benzene rings is 1. The minimum absolute atomic E-state index is 0.197. The molecule has 0 saturated carbocycles. The molecule has 1 aliphatic rings. The van der Waals surface area contributed by atoms with Gasteiger partial charge in [-0.2, -0.15) is 0 Å². The van der Waals surface area contributed by atoms with E-state index in [1.807, 2.05) is 0 Å². The predicted octanol–water partition coefficient (Wildman–Crippen LogP) is 2.76. The maximum absolute atomic E-state index is 13.4. The van der Waals surface area contributed by atoms with Crippen LogP contribution in [0.25, 0.3) is 0 Å². The van der Waals surface area contributed by atoms with E-state index in [-0.39, 0.29) is 17.4 Å². The van der Waals surface area contributed by atoms with E-state index >= 15 is 0 Å². The number of nitrogens with zero attached hydrogens (tertiary/aromatic N) is 1. The normalized spacial score (nSPS) is 22.5. The van der Waals surface area contributed by atoms with Crippen molar-refractivity contribution in [1.29, 1.82) is 0 Å². The van der Waals surface area contributed by atoms with Gasteiger partial charge < -0.3 is 19.2 Å². The lowest BCUT2D eigenvalue weighted by molar-refractivity contribution is -0.0941. The number of halogens is 1. The third kappa shape index (κ3) is 2.95. The zero-order chi connectivity index (χ0) is 18.7. The van der Waals surface area contributed by atoms with Crippen molar-refractivity contribution in [2.24, 2.45) is 0 Å². The average molecular weight is 358 g/mol. The second-order valence-electron chi connectivity index (χ2n) is 5.74. The Labute approximate surface area is 150 Å². The van der Waals surface area contributed by atoms with Crippen LogP contribution in [0.1, 0.15) is 16.2 Å². The Morgan fingerprint density at radius 1 is 1.23 bits per heavy atom. The fourth-order valence-electron chi connectivity index (χ4n) is 3.13. The summed E-state index contributed by atoms with van der Waals surface area (Å²) in [6, 6.07) is 5.84. The maximum Gasteiger partial charge on any atom is 0.228 e. The molecule has 0 spiro atoms. The van der Waals surface area contributed by atoms with Gasteiger partial charge in [0.1, 0.15) is 17.2 Å². The smallest absolute Gasteiger partial charge is 0.228 e. The van der Waals surface area contributed by atoms with Gasteiger partial charge in [0, 0.05) is 32.2 Å². The molecule has 2 aromatic rings. The highest BCUT2D eigenvalue weighted by atomic mass is 19.1. The Bertz CT molecular complexity index is 843. The lowest BCUT2D eigenvalue weighted by Gasteiger charge is -2.40. The van der Waals surface area contributed by atoms with E-state index in [0.29, 0.717) is 16.9 Å². The van der Waals surface area contributed by atoms with Gasteiger partial charge in [-0.1, -0.05) is 12.1 Å². The summed E-state index contributed by atoms with van der Waals surface area (Å²) in [6.07, 6.45) is 5.66. The van der Waals surface area contributed by atoms with Crippen LogP contribution in [0.2, 0.25) is 0 Å². The minimum Gasteiger partial charge on any atom is -0.498 e. The van der Waals surface area contributed by atoms with Gasteiger partial charge in [0.05, 0.1) is 7.11 Å². The molecule has 26 heavy (non-hydrogen) atoms. The molecule has 1 aliphatic carbocycles. The molecule has 0 bridgehead atoms. The van der Waals surface area contributed by atoms with Gasteiger partial charge in [-0.15, -0.1) is 0 Å². The zero-order valence-electron chi connectivity index (χ0n) is 14.7. The summed E-state index contributed by atoms with van der Waals surface area (Å²) in [5.41, 5.74) is -0.211. The first-order valence-corrected chi connectivity index (χ1v) is 7.92. The van der Waals surface area contributed by atoms with Crippen LogP contribution in [0.5, 0.6) is 0 Å². The standard InChI is InChI=1S/C19H19FN2O4/c1-24-15-10-12(16(23)18-21-8-9-22-18)11-19(26-3,17(15)25-2)13-4-6-14(20)7-5-13/h4-11,17H,1-3H3,(H,21,22). The molecular weight excluding hydrogens is 339 g/mol. The highest BCUT2D eigenvalue weighted by molar-refractivity contribution is 6.08. The first-order valence-electron chi connectivity index (χ1n) is 7.92. The van der Waals surface area contributed by atoms with Crippen molar-refractivity contribution < 1.29 is 23.4 Å². The van der Waals surface area contributed by atoms with E-state index < -0.39 is 11.7 Å².